The van der Waals surface area contributed by atoms with Gasteiger partial charge in [0.15, 0.2) is 0 Å². The van der Waals surface area contributed by atoms with Gasteiger partial charge in [0.05, 0.1) is 0 Å². The second-order valence-electron chi connectivity index (χ2n) is 3.66. The molecule has 0 aliphatic heterocycles. The zero-order valence-electron chi connectivity index (χ0n) is 9.03. The van der Waals surface area contributed by atoms with E-state index in [4.69, 9.17) is 0 Å². The van der Waals surface area contributed by atoms with Gasteiger partial charge in [-0.05, 0) is 43.7 Å². The lowest BCUT2D eigenvalue weighted by Gasteiger charge is -2.20. The fourth-order valence-electron chi connectivity index (χ4n) is 1.46. The van der Waals surface area contributed by atoms with Gasteiger partial charge in [-0.2, -0.15) is 13.2 Å². The van der Waals surface area contributed by atoms with Gasteiger partial charge in [0, 0.05) is 0 Å². The van der Waals surface area contributed by atoms with Crippen molar-refractivity contribution in [2.75, 3.05) is 7.05 Å². The predicted octanol–water partition coefficient (Wildman–Crippen LogP) is 2.83. The molecule has 0 radical (unpaired) electrons. The third kappa shape index (κ3) is 3.20. The Morgan fingerprint density at radius 2 is 1.94 bits per heavy atom. The highest BCUT2D eigenvalue weighted by Gasteiger charge is 2.38. The van der Waals surface area contributed by atoms with Gasteiger partial charge in [-0.15, -0.1) is 0 Å². The maximum Gasteiger partial charge on any atom is 0.404 e. The quantitative estimate of drug-likeness (QED) is 0.794. The van der Waals surface area contributed by atoms with Gasteiger partial charge in [0.1, 0.15) is 11.9 Å². The van der Waals surface area contributed by atoms with Crippen LogP contribution < -0.4 is 5.32 Å². The molecule has 16 heavy (non-hydrogen) atoms. The molecule has 1 aromatic rings. The Morgan fingerprint density at radius 3 is 2.44 bits per heavy atom. The second-order valence-corrected chi connectivity index (χ2v) is 3.66. The van der Waals surface area contributed by atoms with Crippen LogP contribution in [0.3, 0.4) is 0 Å². The first-order valence-electron chi connectivity index (χ1n) is 4.83. The molecule has 1 unspecified atom stereocenters. The number of rotatable bonds is 3. The summed E-state index contributed by atoms with van der Waals surface area (Å²) in [7, 11) is 1.24. The topological polar surface area (TPSA) is 12.0 Å². The summed E-state index contributed by atoms with van der Waals surface area (Å²) in [5, 5.41) is 2.19. The van der Waals surface area contributed by atoms with Gasteiger partial charge in [0.25, 0.3) is 0 Å². The van der Waals surface area contributed by atoms with Crippen molar-refractivity contribution in [1.29, 1.82) is 0 Å². The van der Waals surface area contributed by atoms with Gasteiger partial charge < -0.3 is 5.32 Å². The van der Waals surface area contributed by atoms with Crippen LogP contribution in [0.5, 0.6) is 0 Å². The van der Waals surface area contributed by atoms with Crippen molar-refractivity contribution in [3.63, 3.8) is 0 Å². The molecule has 1 rings (SSSR count). The molecular weight excluding hydrogens is 222 g/mol. The normalized spacial score (nSPS) is 13.9. The highest BCUT2D eigenvalue weighted by Crippen LogP contribution is 2.24. The zero-order valence-corrected chi connectivity index (χ0v) is 9.03. The Kier molecular flexibility index (Phi) is 3.91. The molecule has 1 nitrogen and oxygen atoms in total. The van der Waals surface area contributed by atoms with Crippen LogP contribution in [0, 0.1) is 12.7 Å². The summed E-state index contributed by atoms with van der Waals surface area (Å²) in [6, 6.07) is 2.22. The third-order valence-electron chi connectivity index (χ3n) is 2.48. The maximum absolute atomic E-state index is 12.9. The van der Waals surface area contributed by atoms with Crippen LogP contribution in [0.25, 0.3) is 0 Å². The molecule has 0 saturated heterocycles. The summed E-state index contributed by atoms with van der Waals surface area (Å²) in [6.07, 6.45) is -4.59. The number of alkyl halides is 3. The average Bonchev–Trinajstić information content (AvgIpc) is 2.17. The van der Waals surface area contributed by atoms with Gasteiger partial charge in [-0.25, -0.2) is 4.39 Å². The van der Waals surface area contributed by atoms with Crippen LogP contribution in [0.1, 0.15) is 11.1 Å². The van der Waals surface area contributed by atoms with Crippen LogP contribution >= 0.6 is 0 Å². The minimum Gasteiger partial charge on any atom is -0.309 e. The minimum atomic E-state index is -4.33. The first-order valence-corrected chi connectivity index (χ1v) is 4.83. The molecule has 0 bridgehead atoms. The summed E-state index contributed by atoms with van der Waals surface area (Å²) < 4.78 is 50.3. The molecule has 90 valence electrons. The van der Waals surface area contributed by atoms with E-state index in [1.807, 2.05) is 0 Å². The number of halogens is 4. The van der Waals surface area contributed by atoms with Crippen molar-refractivity contribution < 1.29 is 17.6 Å². The third-order valence-corrected chi connectivity index (χ3v) is 2.48. The Bertz CT molecular complexity index is 359. The highest BCUT2D eigenvalue weighted by molar-refractivity contribution is 5.27. The fraction of sp³-hybridized carbons (Fsp3) is 0.455. The molecule has 1 aromatic carbocycles. The lowest BCUT2D eigenvalue weighted by Crippen LogP contribution is -2.41. The summed E-state index contributed by atoms with van der Waals surface area (Å²) >= 11 is 0. The predicted molar refractivity (Wildman–Crippen MR) is 53.7 cm³/mol. The van der Waals surface area contributed by atoms with E-state index in [9.17, 15) is 17.6 Å². The molecule has 0 aliphatic rings. The van der Waals surface area contributed by atoms with E-state index in [0.717, 1.165) is 6.07 Å². The van der Waals surface area contributed by atoms with E-state index in [0.29, 0.717) is 11.1 Å². The molecular formula is C11H13F4N. The van der Waals surface area contributed by atoms with Crippen molar-refractivity contribution in [2.45, 2.75) is 25.6 Å². The van der Waals surface area contributed by atoms with Crippen LogP contribution in [0.4, 0.5) is 17.6 Å². The lowest BCUT2D eigenvalue weighted by atomic mass is 10.0. The smallest absolute Gasteiger partial charge is 0.309 e. The molecule has 0 heterocycles. The first-order chi connectivity index (χ1) is 7.34. The van der Waals surface area contributed by atoms with E-state index in [2.05, 4.69) is 5.32 Å². The first kappa shape index (κ1) is 13.0. The molecule has 0 saturated carbocycles. The zero-order chi connectivity index (χ0) is 12.3. The van der Waals surface area contributed by atoms with Gasteiger partial charge in [-0.3, -0.25) is 0 Å². The summed E-state index contributed by atoms with van der Waals surface area (Å²) in [6.45, 7) is 1.66. The van der Waals surface area contributed by atoms with Crippen LogP contribution in [0.15, 0.2) is 18.2 Å². The molecule has 0 fully saturated rings. The molecule has 0 aromatic heterocycles. The largest absolute Gasteiger partial charge is 0.404 e. The van der Waals surface area contributed by atoms with Crippen molar-refractivity contribution in [3.05, 3.63) is 35.1 Å². The molecule has 1 atom stereocenters. The number of hydrogen-bond acceptors (Lipinski definition) is 1. The summed E-state index contributed by atoms with van der Waals surface area (Å²) in [5.41, 5.74) is 1.03. The monoisotopic (exact) mass is 235 g/mol. The molecule has 5 heteroatoms. The van der Waals surface area contributed by atoms with E-state index in [-0.39, 0.29) is 6.42 Å². The number of hydrogen-bond donors (Lipinski definition) is 1. The molecule has 1 N–H and O–H groups in total. The Morgan fingerprint density at radius 1 is 1.31 bits per heavy atom. The Hall–Kier alpha value is -1.10. The van der Waals surface area contributed by atoms with Crippen molar-refractivity contribution in [3.8, 4) is 0 Å². The van der Waals surface area contributed by atoms with Crippen molar-refractivity contribution >= 4 is 0 Å². The highest BCUT2D eigenvalue weighted by atomic mass is 19.4. The molecule has 0 amide bonds. The van der Waals surface area contributed by atoms with Crippen molar-refractivity contribution in [2.24, 2.45) is 0 Å². The van der Waals surface area contributed by atoms with Gasteiger partial charge in [-0.1, -0.05) is 6.07 Å². The van der Waals surface area contributed by atoms with Crippen molar-refractivity contribution in [1.82, 2.24) is 5.32 Å². The number of likely N-dealkylation sites (N-methyl/N-ethyl adjacent to an activating group) is 1. The Labute approximate surface area is 91.5 Å². The summed E-state index contributed by atoms with van der Waals surface area (Å²) in [5.74, 6) is -0.516. The summed E-state index contributed by atoms with van der Waals surface area (Å²) in [4.78, 5) is 0. The van der Waals surface area contributed by atoms with E-state index in [1.54, 1.807) is 6.92 Å². The fourth-order valence-corrected chi connectivity index (χ4v) is 1.46. The van der Waals surface area contributed by atoms with E-state index in [1.165, 1.54) is 19.2 Å². The van der Waals surface area contributed by atoms with E-state index >= 15 is 0 Å². The lowest BCUT2D eigenvalue weighted by molar-refractivity contribution is -0.154. The average molecular weight is 235 g/mol. The number of nitrogens with one attached hydrogen (secondary N) is 1. The molecule has 0 spiro atoms. The molecule has 0 aliphatic carbocycles. The van der Waals surface area contributed by atoms with Crippen LogP contribution in [-0.2, 0) is 6.42 Å². The van der Waals surface area contributed by atoms with Crippen LogP contribution in [-0.4, -0.2) is 19.3 Å². The van der Waals surface area contributed by atoms with E-state index < -0.39 is 18.0 Å². The van der Waals surface area contributed by atoms with Crippen LogP contribution in [0.2, 0.25) is 0 Å². The SMILES string of the molecule is CNC(Cc1cc(F)ccc1C)C(F)(F)F. The van der Waals surface area contributed by atoms with Gasteiger partial charge >= 0.3 is 6.18 Å². The number of benzene rings is 1. The maximum atomic E-state index is 12.9. The number of aryl methyl sites for hydroxylation is 1. The standard InChI is InChI=1S/C11H13F4N/c1-7-3-4-9(12)5-8(7)6-10(16-2)11(13,14)15/h3-5,10,16H,6H2,1-2H3. The minimum absolute atomic E-state index is 0.260. The second kappa shape index (κ2) is 4.82. The van der Waals surface area contributed by atoms with Gasteiger partial charge in [0.2, 0.25) is 0 Å². The Balaban J connectivity index is 2.90.